The molecule has 1 aliphatic heterocycles. The molecule has 0 spiro atoms. The minimum Gasteiger partial charge on any atom is -0.376 e. The molecule has 0 aromatic rings. The molecule has 0 aromatic heterocycles. The van der Waals surface area contributed by atoms with Crippen LogP contribution in [0.5, 0.6) is 0 Å². The van der Waals surface area contributed by atoms with Crippen LogP contribution < -0.4 is 11.1 Å². The number of nitrogens with two attached hydrogens (primary N) is 1. The van der Waals surface area contributed by atoms with E-state index in [0.717, 1.165) is 19.4 Å². The van der Waals surface area contributed by atoms with Crippen LogP contribution in [0.4, 0.5) is 0 Å². The zero-order valence-corrected chi connectivity index (χ0v) is 9.90. The predicted octanol–water partition coefficient (Wildman–Crippen LogP) is 0.574. The van der Waals surface area contributed by atoms with Gasteiger partial charge < -0.3 is 15.8 Å². The Bertz CT molecular complexity index is 316. The summed E-state index contributed by atoms with van der Waals surface area (Å²) in [5.41, 5.74) is 5.52. The van der Waals surface area contributed by atoms with Gasteiger partial charge in [0, 0.05) is 12.6 Å². The van der Waals surface area contributed by atoms with E-state index in [-0.39, 0.29) is 29.5 Å². The van der Waals surface area contributed by atoms with Gasteiger partial charge >= 0.3 is 0 Å². The monoisotopic (exact) mass is 224 g/mol. The molecule has 1 heterocycles. The van der Waals surface area contributed by atoms with Gasteiger partial charge in [-0.2, -0.15) is 0 Å². The Labute approximate surface area is 96.2 Å². The molecule has 0 bridgehead atoms. The maximum atomic E-state index is 12.0. The highest BCUT2D eigenvalue weighted by Gasteiger charge is 2.39. The van der Waals surface area contributed by atoms with Gasteiger partial charge in [0.2, 0.25) is 5.91 Å². The van der Waals surface area contributed by atoms with Crippen molar-refractivity contribution in [3.05, 3.63) is 12.2 Å². The third-order valence-corrected chi connectivity index (χ3v) is 3.75. The molecule has 90 valence electrons. The lowest BCUT2D eigenvalue weighted by Crippen LogP contribution is -2.52. The zero-order valence-electron chi connectivity index (χ0n) is 9.90. The van der Waals surface area contributed by atoms with Crippen LogP contribution in [-0.2, 0) is 9.53 Å². The van der Waals surface area contributed by atoms with E-state index in [4.69, 9.17) is 10.5 Å². The van der Waals surface area contributed by atoms with Crippen molar-refractivity contribution in [1.82, 2.24) is 5.32 Å². The molecule has 4 nitrogen and oxygen atoms in total. The van der Waals surface area contributed by atoms with Crippen molar-refractivity contribution < 1.29 is 9.53 Å². The Morgan fingerprint density at radius 1 is 1.56 bits per heavy atom. The Morgan fingerprint density at radius 2 is 2.31 bits per heavy atom. The molecule has 3 N–H and O–H groups in total. The molecule has 4 unspecified atom stereocenters. The van der Waals surface area contributed by atoms with E-state index in [1.54, 1.807) is 0 Å². The molecule has 1 fully saturated rings. The van der Waals surface area contributed by atoms with Crippen molar-refractivity contribution >= 4 is 5.91 Å². The first kappa shape index (κ1) is 11.6. The lowest BCUT2D eigenvalue weighted by molar-refractivity contribution is -0.126. The van der Waals surface area contributed by atoms with Crippen LogP contribution in [0, 0.1) is 5.92 Å². The van der Waals surface area contributed by atoms with Crippen LogP contribution in [0.2, 0.25) is 0 Å². The molecule has 1 amide bonds. The molecule has 4 heteroatoms. The van der Waals surface area contributed by atoms with Crippen molar-refractivity contribution in [1.29, 1.82) is 0 Å². The highest BCUT2D eigenvalue weighted by Crippen LogP contribution is 2.26. The summed E-state index contributed by atoms with van der Waals surface area (Å²) in [6, 6.07) is 0.0285. The van der Waals surface area contributed by atoms with E-state index in [1.165, 1.54) is 0 Å². The summed E-state index contributed by atoms with van der Waals surface area (Å²) in [5, 5.41) is 3.10. The summed E-state index contributed by atoms with van der Waals surface area (Å²) in [5.74, 6) is 0.00340. The fraction of sp³-hybridized carbons (Fsp3) is 0.750. The van der Waals surface area contributed by atoms with Gasteiger partial charge in [0.15, 0.2) is 0 Å². The number of carbonyl (C=O) groups excluding carboxylic acids is 1. The maximum Gasteiger partial charge on any atom is 0.227 e. The Balaban J connectivity index is 1.95. The van der Waals surface area contributed by atoms with Crippen molar-refractivity contribution in [3.63, 3.8) is 0 Å². The van der Waals surface area contributed by atoms with Gasteiger partial charge in [0.25, 0.3) is 0 Å². The number of nitrogens with one attached hydrogen (secondary N) is 1. The average molecular weight is 224 g/mol. The Hall–Kier alpha value is -0.870. The lowest BCUT2D eigenvalue weighted by Gasteiger charge is -2.30. The minimum absolute atomic E-state index is 0.0285. The molecular weight excluding hydrogens is 204 g/mol. The van der Waals surface area contributed by atoms with Gasteiger partial charge in [-0.3, -0.25) is 4.79 Å². The lowest BCUT2D eigenvalue weighted by atomic mass is 9.93. The molecule has 0 radical (unpaired) electrons. The Morgan fingerprint density at radius 3 is 2.81 bits per heavy atom. The average Bonchev–Trinajstić information content (AvgIpc) is 2.76. The molecule has 4 atom stereocenters. The van der Waals surface area contributed by atoms with E-state index in [0.29, 0.717) is 0 Å². The van der Waals surface area contributed by atoms with E-state index in [1.807, 2.05) is 26.0 Å². The molecule has 1 saturated heterocycles. The molecule has 2 aliphatic rings. The third kappa shape index (κ3) is 2.13. The molecule has 2 rings (SSSR count). The van der Waals surface area contributed by atoms with Gasteiger partial charge in [-0.05, 0) is 26.7 Å². The Kier molecular flexibility index (Phi) is 3.04. The number of hydrogen-bond acceptors (Lipinski definition) is 3. The second kappa shape index (κ2) is 4.18. The summed E-state index contributed by atoms with van der Waals surface area (Å²) in [6.45, 7) is 4.77. The van der Waals surface area contributed by atoms with Gasteiger partial charge in [-0.25, -0.2) is 0 Å². The molecular formula is C12H20N2O2. The summed E-state index contributed by atoms with van der Waals surface area (Å²) in [4.78, 5) is 12.0. The van der Waals surface area contributed by atoms with E-state index in [9.17, 15) is 4.79 Å². The van der Waals surface area contributed by atoms with Crippen LogP contribution in [0.25, 0.3) is 0 Å². The van der Waals surface area contributed by atoms with Gasteiger partial charge in [0.1, 0.15) is 0 Å². The summed E-state index contributed by atoms with van der Waals surface area (Å²) >= 11 is 0. The summed E-state index contributed by atoms with van der Waals surface area (Å²) < 4.78 is 5.50. The van der Waals surface area contributed by atoms with Crippen molar-refractivity contribution in [2.45, 2.75) is 44.4 Å². The zero-order chi connectivity index (χ0) is 11.8. The van der Waals surface area contributed by atoms with Gasteiger partial charge in [-0.1, -0.05) is 12.2 Å². The fourth-order valence-corrected chi connectivity index (χ4v) is 2.29. The molecule has 16 heavy (non-hydrogen) atoms. The minimum atomic E-state index is -0.225. The standard InChI is InChI=1S/C12H20N2O2/c1-8-12(2,5-6-16-8)14-11(15)9-3-4-10(13)7-9/h3-4,8-10H,5-7,13H2,1-2H3,(H,14,15). The smallest absolute Gasteiger partial charge is 0.227 e. The number of ether oxygens (including phenoxy) is 1. The topological polar surface area (TPSA) is 64.3 Å². The molecule has 1 aliphatic carbocycles. The number of rotatable bonds is 2. The highest BCUT2D eigenvalue weighted by molar-refractivity contribution is 5.81. The number of amides is 1. The number of carbonyl (C=O) groups is 1. The highest BCUT2D eigenvalue weighted by atomic mass is 16.5. The third-order valence-electron chi connectivity index (χ3n) is 3.75. The van der Waals surface area contributed by atoms with Crippen LogP contribution in [0.3, 0.4) is 0 Å². The summed E-state index contributed by atoms with van der Waals surface area (Å²) in [6.07, 6.45) is 5.49. The summed E-state index contributed by atoms with van der Waals surface area (Å²) in [7, 11) is 0. The van der Waals surface area contributed by atoms with Gasteiger partial charge in [-0.15, -0.1) is 0 Å². The van der Waals surface area contributed by atoms with Crippen molar-refractivity contribution in [2.24, 2.45) is 11.7 Å². The van der Waals surface area contributed by atoms with Crippen LogP contribution in [0.1, 0.15) is 26.7 Å². The van der Waals surface area contributed by atoms with E-state index >= 15 is 0 Å². The fourth-order valence-electron chi connectivity index (χ4n) is 2.29. The van der Waals surface area contributed by atoms with Crippen molar-refractivity contribution in [2.75, 3.05) is 6.61 Å². The number of hydrogen-bond donors (Lipinski definition) is 2. The molecule has 0 aromatic carbocycles. The first-order chi connectivity index (χ1) is 7.51. The quantitative estimate of drug-likeness (QED) is 0.674. The largest absolute Gasteiger partial charge is 0.376 e. The first-order valence-electron chi connectivity index (χ1n) is 5.89. The first-order valence-corrected chi connectivity index (χ1v) is 5.89. The van der Waals surface area contributed by atoms with Crippen LogP contribution >= 0.6 is 0 Å². The normalized spacial score (nSPS) is 42.6. The SMILES string of the molecule is CC1OCCC1(C)NC(=O)C1C=CC(N)C1. The second-order valence-corrected chi connectivity index (χ2v) is 5.06. The van der Waals surface area contributed by atoms with Crippen molar-refractivity contribution in [3.8, 4) is 0 Å². The van der Waals surface area contributed by atoms with Gasteiger partial charge in [0.05, 0.1) is 17.6 Å². The maximum absolute atomic E-state index is 12.0. The van der Waals surface area contributed by atoms with E-state index < -0.39 is 0 Å². The molecule has 0 saturated carbocycles. The second-order valence-electron chi connectivity index (χ2n) is 5.06. The van der Waals surface area contributed by atoms with E-state index in [2.05, 4.69) is 5.32 Å². The van der Waals surface area contributed by atoms with Crippen LogP contribution in [-0.4, -0.2) is 30.2 Å². The van der Waals surface area contributed by atoms with Crippen LogP contribution in [0.15, 0.2) is 12.2 Å². The predicted molar refractivity (Wildman–Crippen MR) is 61.8 cm³/mol.